The first-order valence-corrected chi connectivity index (χ1v) is 12.1. The largest absolute Gasteiger partial charge is 0.378 e. The lowest BCUT2D eigenvalue weighted by atomic mass is 9.71. The number of hydroxylamine groups is 2. The molecular weight excluding hydrogens is 432 g/mol. The summed E-state index contributed by atoms with van der Waals surface area (Å²) in [7, 11) is 1.72. The van der Waals surface area contributed by atoms with Crippen LogP contribution in [0.3, 0.4) is 0 Å². The summed E-state index contributed by atoms with van der Waals surface area (Å²) in [4.78, 5) is 37.4. The molecule has 34 heavy (non-hydrogen) atoms. The number of ether oxygens (including phenoxy) is 1. The Labute approximate surface area is 200 Å². The Morgan fingerprint density at radius 2 is 1.91 bits per heavy atom. The third-order valence-corrected chi connectivity index (χ3v) is 7.57. The van der Waals surface area contributed by atoms with E-state index >= 15 is 0 Å². The number of benzene rings is 1. The van der Waals surface area contributed by atoms with Crippen LogP contribution in [0.25, 0.3) is 0 Å². The van der Waals surface area contributed by atoms with E-state index in [9.17, 15) is 9.59 Å². The Morgan fingerprint density at radius 3 is 2.62 bits per heavy atom. The molecule has 0 unspecified atom stereocenters. The number of piperidine rings is 1. The molecule has 2 amide bonds. The Balaban J connectivity index is 1.31. The standard InChI is InChI=1S/C26H32N4O4/c1-33-24-23(28-25(32)19-7-12-27-13-8-19)20-5-2-3-6-21(20)26(24)10-16-29(17-11-26)22(31)9-15-30-14-4-18-34-30/h2-3,5-8,12-13,23-24H,4,9-11,14-18H2,1H3,(H,28,32)/t23-,24+/m1/s1. The van der Waals surface area contributed by atoms with Gasteiger partial charge in [-0.05, 0) is 42.5 Å². The molecule has 2 saturated heterocycles. The first-order chi connectivity index (χ1) is 16.6. The van der Waals surface area contributed by atoms with Crippen LogP contribution >= 0.6 is 0 Å². The van der Waals surface area contributed by atoms with Gasteiger partial charge in [0.1, 0.15) is 0 Å². The van der Waals surface area contributed by atoms with E-state index in [1.807, 2.05) is 22.1 Å². The number of methoxy groups -OCH3 is 1. The number of nitrogens with one attached hydrogen (secondary N) is 1. The van der Waals surface area contributed by atoms with E-state index < -0.39 is 0 Å². The van der Waals surface area contributed by atoms with Gasteiger partial charge in [0.15, 0.2) is 0 Å². The number of fused-ring (bicyclic) bond motifs is 2. The van der Waals surface area contributed by atoms with Gasteiger partial charge in [0, 0.05) is 63.1 Å². The van der Waals surface area contributed by atoms with Crippen LogP contribution in [-0.4, -0.2) is 72.8 Å². The average Bonchev–Trinajstić information content (AvgIpc) is 3.49. The van der Waals surface area contributed by atoms with Gasteiger partial charge in [-0.2, -0.15) is 5.06 Å². The number of aromatic nitrogens is 1. The predicted molar refractivity (Wildman–Crippen MR) is 126 cm³/mol. The molecule has 2 aromatic rings. The highest BCUT2D eigenvalue weighted by molar-refractivity contribution is 5.94. The van der Waals surface area contributed by atoms with Gasteiger partial charge in [-0.25, -0.2) is 0 Å². The summed E-state index contributed by atoms with van der Waals surface area (Å²) in [6, 6.07) is 11.5. The van der Waals surface area contributed by atoms with Crippen molar-refractivity contribution >= 4 is 11.8 Å². The van der Waals surface area contributed by atoms with E-state index in [2.05, 4.69) is 22.4 Å². The molecule has 0 saturated carbocycles. The van der Waals surface area contributed by atoms with E-state index in [1.165, 1.54) is 5.56 Å². The third kappa shape index (κ3) is 4.21. The van der Waals surface area contributed by atoms with Crippen LogP contribution < -0.4 is 5.32 Å². The van der Waals surface area contributed by atoms with Crippen molar-refractivity contribution in [2.24, 2.45) is 0 Å². The smallest absolute Gasteiger partial charge is 0.251 e. The number of amides is 2. The summed E-state index contributed by atoms with van der Waals surface area (Å²) in [5, 5.41) is 5.11. The highest BCUT2D eigenvalue weighted by Gasteiger charge is 2.54. The highest BCUT2D eigenvalue weighted by Crippen LogP contribution is 2.52. The van der Waals surface area contributed by atoms with Crippen LogP contribution in [0.5, 0.6) is 0 Å². The van der Waals surface area contributed by atoms with Gasteiger partial charge < -0.3 is 15.0 Å². The number of nitrogens with zero attached hydrogens (tertiary/aromatic N) is 3. The number of carbonyl (C=O) groups is 2. The van der Waals surface area contributed by atoms with Crippen molar-refractivity contribution in [3.63, 3.8) is 0 Å². The number of rotatable bonds is 6. The number of carbonyl (C=O) groups excluding carboxylic acids is 2. The molecule has 1 aliphatic carbocycles. The maximum atomic E-state index is 13.0. The second-order valence-electron chi connectivity index (χ2n) is 9.33. The third-order valence-electron chi connectivity index (χ3n) is 7.57. The monoisotopic (exact) mass is 464 g/mol. The summed E-state index contributed by atoms with van der Waals surface area (Å²) in [6.45, 7) is 3.65. The first kappa shape index (κ1) is 23.0. The van der Waals surface area contributed by atoms with Crippen LogP contribution in [0.4, 0.5) is 0 Å². The average molecular weight is 465 g/mol. The zero-order valence-electron chi connectivity index (χ0n) is 19.6. The Kier molecular flexibility index (Phi) is 6.63. The molecule has 180 valence electrons. The summed E-state index contributed by atoms with van der Waals surface area (Å²) in [6.07, 6.45) is 6.14. The van der Waals surface area contributed by atoms with E-state index in [0.717, 1.165) is 38.0 Å². The summed E-state index contributed by atoms with van der Waals surface area (Å²) in [5.41, 5.74) is 2.66. The SMILES string of the molecule is CO[C@H]1[C@H](NC(=O)c2ccncc2)c2ccccc2C12CCN(C(=O)CCN1CCCO1)CC2. The fraction of sp³-hybridized carbons (Fsp3) is 0.500. The molecule has 8 heteroatoms. The van der Waals surface area contributed by atoms with E-state index in [1.54, 1.807) is 31.6 Å². The Bertz CT molecular complexity index is 1020. The zero-order valence-corrected chi connectivity index (χ0v) is 19.6. The second-order valence-corrected chi connectivity index (χ2v) is 9.33. The molecule has 0 radical (unpaired) electrons. The van der Waals surface area contributed by atoms with E-state index in [4.69, 9.17) is 9.57 Å². The fourth-order valence-corrected chi connectivity index (χ4v) is 5.86. The van der Waals surface area contributed by atoms with Crippen LogP contribution in [0.2, 0.25) is 0 Å². The minimum absolute atomic E-state index is 0.141. The van der Waals surface area contributed by atoms with Crippen molar-refractivity contribution < 1.29 is 19.2 Å². The van der Waals surface area contributed by atoms with Crippen molar-refractivity contribution in [1.82, 2.24) is 20.3 Å². The van der Waals surface area contributed by atoms with Crippen molar-refractivity contribution in [2.75, 3.05) is 39.9 Å². The summed E-state index contributed by atoms with van der Waals surface area (Å²) >= 11 is 0. The summed E-state index contributed by atoms with van der Waals surface area (Å²) in [5.74, 6) is 0.0335. The molecule has 2 fully saturated rings. The lowest BCUT2D eigenvalue weighted by Gasteiger charge is -2.44. The molecule has 1 N–H and O–H groups in total. The molecule has 1 spiro atoms. The van der Waals surface area contributed by atoms with Crippen molar-refractivity contribution in [3.05, 3.63) is 65.5 Å². The summed E-state index contributed by atoms with van der Waals surface area (Å²) < 4.78 is 6.09. The van der Waals surface area contributed by atoms with Crippen LogP contribution in [0.1, 0.15) is 53.2 Å². The van der Waals surface area contributed by atoms with Crippen LogP contribution in [0, 0.1) is 0 Å². The maximum absolute atomic E-state index is 13.0. The maximum Gasteiger partial charge on any atom is 0.251 e. The molecule has 3 aliphatic rings. The van der Waals surface area contributed by atoms with Gasteiger partial charge in [-0.1, -0.05) is 24.3 Å². The van der Waals surface area contributed by atoms with Gasteiger partial charge in [-0.15, -0.1) is 0 Å². The number of likely N-dealkylation sites (tertiary alicyclic amines) is 1. The quantitative estimate of drug-likeness (QED) is 0.707. The number of pyridine rings is 1. The first-order valence-electron chi connectivity index (χ1n) is 12.1. The van der Waals surface area contributed by atoms with Gasteiger partial charge in [-0.3, -0.25) is 19.4 Å². The van der Waals surface area contributed by atoms with Gasteiger partial charge in [0.25, 0.3) is 5.91 Å². The van der Waals surface area contributed by atoms with E-state index in [0.29, 0.717) is 31.6 Å². The van der Waals surface area contributed by atoms with Crippen molar-refractivity contribution in [3.8, 4) is 0 Å². The van der Waals surface area contributed by atoms with Gasteiger partial charge in [0.05, 0.1) is 18.8 Å². The van der Waals surface area contributed by atoms with Gasteiger partial charge in [0.2, 0.25) is 5.91 Å². The lowest BCUT2D eigenvalue weighted by Crippen LogP contribution is -2.52. The Morgan fingerprint density at radius 1 is 1.15 bits per heavy atom. The lowest BCUT2D eigenvalue weighted by molar-refractivity contribution is -0.141. The Hall–Kier alpha value is -2.81. The molecule has 1 aromatic carbocycles. The molecular formula is C26H32N4O4. The minimum Gasteiger partial charge on any atom is -0.378 e. The van der Waals surface area contributed by atoms with Crippen LogP contribution in [-0.2, 0) is 19.8 Å². The van der Waals surface area contributed by atoms with Crippen molar-refractivity contribution in [2.45, 2.75) is 43.2 Å². The fourth-order valence-electron chi connectivity index (χ4n) is 5.86. The molecule has 2 atom stereocenters. The predicted octanol–water partition coefficient (Wildman–Crippen LogP) is 2.47. The molecule has 8 nitrogen and oxygen atoms in total. The molecule has 5 rings (SSSR count). The normalized spacial score (nSPS) is 23.7. The second kappa shape index (κ2) is 9.82. The minimum atomic E-state index is -0.253. The molecule has 2 aliphatic heterocycles. The number of hydrogen-bond donors (Lipinski definition) is 1. The zero-order chi connectivity index (χ0) is 23.5. The van der Waals surface area contributed by atoms with Crippen LogP contribution in [0.15, 0.2) is 48.8 Å². The molecule has 1 aromatic heterocycles. The molecule has 0 bridgehead atoms. The van der Waals surface area contributed by atoms with Gasteiger partial charge >= 0.3 is 0 Å². The highest BCUT2D eigenvalue weighted by atomic mass is 16.7. The number of hydrogen-bond acceptors (Lipinski definition) is 6. The topological polar surface area (TPSA) is 84.0 Å². The van der Waals surface area contributed by atoms with Crippen molar-refractivity contribution in [1.29, 1.82) is 0 Å². The molecule has 3 heterocycles. The van der Waals surface area contributed by atoms with E-state index in [-0.39, 0.29) is 29.4 Å².